The molecule has 0 bridgehead atoms. The Balaban J connectivity index is -0.0000000225. The van der Waals surface area contributed by atoms with Crippen LogP contribution < -0.4 is 0 Å². The van der Waals surface area contributed by atoms with E-state index in [1.807, 2.05) is 0 Å². The standard InChI is InChI=1S/2CHN.H2O2/c3*1-2/h2*1H;1-2H. The van der Waals surface area contributed by atoms with Gasteiger partial charge in [0, 0.05) is 13.1 Å². The first-order valence-corrected chi connectivity index (χ1v) is 0.716. The van der Waals surface area contributed by atoms with Crippen molar-refractivity contribution in [1.29, 1.82) is 10.5 Å². The summed E-state index contributed by atoms with van der Waals surface area (Å²) in [6.07, 6.45) is 0. The number of nitrogens with zero attached hydrogens (tertiary/aromatic N) is 2. The molecule has 4 heteroatoms. The second-order valence-corrected chi connectivity index (χ2v) is 0. The molecule has 0 aliphatic rings. The van der Waals surface area contributed by atoms with Crippen LogP contribution in [-0.2, 0) is 0 Å². The minimum Gasteiger partial charge on any atom is -0.255 e. The third-order valence-corrected chi connectivity index (χ3v) is 0. The van der Waals surface area contributed by atoms with Gasteiger partial charge >= 0.3 is 0 Å². The molecule has 0 fully saturated rings. The lowest BCUT2D eigenvalue weighted by molar-refractivity contribution is -0.176. The van der Waals surface area contributed by atoms with Crippen molar-refractivity contribution in [3.05, 3.63) is 0 Å². The summed E-state index contributed by atoms with van der Waals surface area (Å²) in [4.78, 5) is 0. The summed E-state index contributed by atoms with van der Waals surface area (Å²) in [5, 5.41) is 25.0. The van der Waals surface area contributed by atoms with Crippen molar-refractivity contribution in [1.82, 2.24) is 0 Å². The smallest absolute Gasteiger partial charge is 0.0462 e. The lowest BCUT2D eigenvalue weighted by Gasteiger charge is -1.25. The number of rotatable bonds is 0. The van der Waals surface area contributed by atoms with E-state index in [2.05, 4.69) is 13.1 Å². The second kappa shape index (κ2) is 27.1. The largest absolute Gasteiger partial charge is 0.255 e. The zero-order chi connectivity index (χ0) is 6.00. The highest BCUT2D eigenvalue weighted by atomic mass is 17.0. The fraction of sp³-hybridized carbons (Fsp3) is 0. The molecule has 0 aromatic carbocycles. The van der Waals surface area contributed by atoms with Crippen LogP contribution in [0.4, 0.5) is 0 Å². The first-order chi connectivity index (χ1) is 3.00. The van der Waals surface area contributed by atoms with Crippen LogP contribution in [0.5, 0.6) is 0 Å². The maximum Gasteiger partial charge on any atom is 0.0462 e. The summed E-state index contributed by atoms with van der Waals surface area (Å²) in [6.45, 7) is 7.00. The molecule has 0 heterocycles. The molecule has 0 unspecified atom stereocenters. The van der Waals surface area contributed by atoms with E-state index >= 15 is 0 Å². The molecule has 0 aliphatic heterocycles. The Morgan fingerprint density at radius 2 is 0.833 bits per heavy atom. The molecule has 0 radical (unpaired) electrons. The summed E-state index contributed by atoms with van der Waals surface area (Å²) in [5.41, 5.74) is 0. The Kier molecular flexibility index (Phi) is 93.3. The predicted octanol–water partition coefficient (Wildman–Crippen LogP) is 0.297. The van der Waals surface area contributed by atoms with Crippen LogP contribution in [0.2, 0.25) is 0 Å². The first-order valence-electron chi connectivity index (χ1n) is 0.716. The minimum atomic E-state index is 3.50. The van der Waals surface area contributed by atoms with Gasteiger partial charge in [-0.05, 0) is 0 Å². The Morgan fingerprint density at radius 1 is 0.833 bits per heavy atom. The number of hydrogen-bond donors (Lipinski definition) is 2. The second-order valence-electron chi connectivity index (χ2n) is 0. The fourth-order valence-corrected chi connectivity index (χ4v) is 0. The molecular formula is C2H4N2O2. The minimum absolute atomic E-state index is 3.50. The van der Waals surface area contributed by atoms with Crippen molar-refractivity contribution < 1.29 is 10.5 Å². The van der Waals surface area contributed by atoms with E-state index in [0.717, 1.165) is 0 Å². The van der Waals surface area contributed by atoms with E-state index in [4.69, 9.17) is 21.0 Å². The monoisotopic (exact) mass is 88.0 g/mol. The van der Waals surface area contributed by atoms with Gasteiger partial charge in [0.1, 0.15) is 0 Å². The van der Waals surface area contributed by atoms with E-state index in [-0.39, 0.29) is 0 Å². The van der Waals surface area contributed by atoms with Crippen LogP contribution in [-0.4, -0.2) is 10.5 Å². The summed E-state index contributed by atoms with van der Waals surface area (Å²) in [6, 6.07) is 0. The highest BCUT2D eigenvalue weighted by Gasteiger charge is 0.745. The zero-order valence-electron chi connectivity index (χ0n) is 2.94. The average molecular weight is 88.1 g/mol. The highest BCUT2D eigenvalue weighted by Crippen LogP contribution is 0.711. The van der Waals surface area contributed by atoms with Crippen LogP contribution in [0.25, 0.3) is 0 Å². The number of hydrogen-bond acceptors (Lipinski definition) is 4. The van der Waals surface area contributed by atoms with Gasteiger partial charge in [0.15, 0.2) is 0 Å². The van der Waals surface area contributed by atoms with E-state index in [9.17, 15) is 0 Å². The van der Waals surface area contributed by atoms with E-state index in [0.29, 0.717) is 0 Å². The summed E-state index contributed by atoms with van der Waals surface area (Å²) in [5.74, 6) is 0. The van der Waals surface area contributed by atoms with E-state index in [1.54, 1.807) is 0 Å². The molecule has 0 rings (SSSR count). The topological polar surface area (TPSA) is 88.0 Å². The van der Waals surface area contributed by atoms with Crippen molar-refractivity contribution in [2.75, 3.05) is 0 Å². The van der Waals surface area contributed by atoms with Gasteiger partial charge in [-0.3, -0.25) is 10.5 Å². The molecule has 0 atom stereocenters. The quantitative estimate of drug-likeness (QED) is 0.329. The molecule has 6 heavy (non-hydrogen) atoms. The molecule has 0 spiro atoms. The molecule has 0 saturated heterocycles. The van der Waals surface area contributed by atoms with Gasteiger partial charge in [0.25, 0.3) is 0 Å². The lowest BCUT2D eigenvalue weighted by Crippen LogP contribution is -1.29. The molecule has 0 saturated carbocycles. The van der Waals surface area contributed by atoms with Crippen molar-refractivity contribution in [3.63, 3.8) is 0 Å². The van der Waals surface area contributed by atoms with Crippen molar-refractivity contribution in [2.45, 2.75) is 0 Å². The average Bonchev–Trinajstić information content (AvgIpc) is 1.81. The first kappa shape index (κ1) is 20.6. The van der Waals surface area contributed by atoms with Crippen LogP contribution in [0.1, 0.15) is 0 Å². The summed E-state index contributed by atoms with van der Waals surface area (Å²) < 4.78 is 0. The summed E-state index contributed by atoms with van der Waals surface area (Å²) >= 11 is 0. The van der Waals surface area contributed by atoms with Crippen molar-refractivity contribution in [3.8, 4) is 13.1 Å². The molecule has 0 aromatic rings. The fourth-order valence-electron chi connectivity index (χ4n) is 0. The van der Waals surface area contributed by atoms with Crippen LogP contribution in [0.3, 0.4) is 0 Å². The highest BCUT2D eigenvalue weighted by molar-refractivity contribution is 4.03. The molecular weight excluding hydrogens is 84.0 g/mol. The van der Waals surface area contributed by atoms with Crippen LogP contribution >= 0.6 is 0 Å². The maximum atomic E-state index is 6.50. The van der Waals surface area contributed by atoms with E-state index < -0.39 is 0 Å². The third-order valence-electron chi connectivity index (χ3n) is 0. The lowest BCUT2D eigenvalue weighted by atomic mass is 11.9. The third kappa shape index (κ3) is 8.65. The Hall–Kier alpha value is -1.10. The molecule has 2 N–H and O–H groups in total. The maximum absolute atomic E-state index is 6.50. The Labute approximate surface area is 35.4 Å². The van der Waals surface area contributed by atoms with Gasteiger partial charge in [-0.2, -0.15) is 0 Å². The molecule has 0 amide bonds. The van der Waals surface area contributed by atoms with Gasteiger partial charge in [-0.25, -0.2) is 10.5 Å². The van der Waals surface area contributed by atoms with Gasteiger partial charge < -0.3 is 0 Å². The Bertz CT molecular complexity index is 25.0. The van der Waals surface area contributed by atoms with Gasteiger partial charge in [-0.1, -0.05) is 0 Å². The normalized spacial score (nSPS) is 1.67. The van der Waals surface area contributed by atoms with Gasteiger partial charge in [-0.15, -0.1) is 0 Å². The SMILES string of the molecule is C#N.C#N.OO. The van der Waals surface area contributed by atoms with Crippen LogP contribution in [0.15, 0.2) is 0 Å². The molecule has 0 aromatic heterocycles. The van der Waals surface area contributed by atoms with Crippen LogP contribution in [0, 0.1) is 23.7 Å². The van der Waals surface area contributed by atoms with E-state index in [1.165, 1.54) is 0 Å². The van der Waals surface area contributed by atoms with Crippen molar-refractivity contribution >= 4 is 0 Å². The number of nitriles is 2. The summed E-state index contributed by atoms with van der Waals surface area (Å²) in [7, 11) is 0. The Morgan fingerprint density at radius 3 is 0.833 bits per heavy atom. The van der Waals surface area contributed by atoms with Gasteiger partial charge in [0.05, 0.1) is 0 Å². The zero-order valence-corrected chi connectivity index (χ0v) is 2.94. The predicted molar refractivity (Wildman–Crippen MR) is 18.6 cm³/mol. The van der Waals surface area contributed by atoms with Gasteiger partial charge in [0.2, 0.25) is 0 Å². The van der Waals surface area contributed by atoms with Crippen molar-refractivity contribution in [2.24, 2.45) is 0 Å². The molecule has 0 aliphatic carbocycles. The molecule has 4 nitrogen and oxygen atoms in total. The molecule has 34 valence electrons.